The summed E-state index contributed by atoms with van der Waals surface area (Å²) < 4.78 is 1.82. The Hall–Kier alpha value is -4.40. The Morgan fingerprint density at radius 1 is 1.10 bits per heavy atom. The van der Waals surface area contributed by atoms with E-state index in [-0.39, 0.29) is 5.91 Å². The fourth-order valence-corrected chi connectivity index (χ4v) is 3.26. The third-order valence-corrected chi connectivity index (χ3v) is 4.68. The molecule has 4 N–H and O–H groups in total. The van der Waals surface area contributed by atoms with Gasteiger partial charge in [-0.15, -0.1) is 5.10 Å². The van der Waals surface area contributed by atoms with Crippen LogP contribution in [0.5, 0.6) is 0 Å². The molecule has 0 radical (unpaired) electrons. The number of fused-ring (bicyclic) bond motifs is 1. The van der Waals surface area contributed by atoms with Gasteiger partial charge in [0.2, 0.25) is 0 Å². The van der Waals surface area contributed by atoms with E-state index in [1.807, 2.05) is 60.1 Å². The number of nitrogens with one attached hydrogen (secondary N) is 4. The molecule has 30 heavy (non-hydrogen) atoms. The van der Waals surface area contributed by atoms with Crippen molar-refractivity contribution in [2.24, 2.45) is 0 Å². The zero-order valence-electron chi connectivity index (χ0n) is 16.0. The van der Waals surface area contributed by atoms with Crippen LogP contribution in [0, 0.1) is 6.92 Å². The number of H-pyrrole nitrogens is 2. The van der Waals surface area contributed by atoms with Gasteiger partial charge in [-0.25, -0.2) is 9.67 Å². The van der Waals surface area contributed by atoms with Crippen molar-refractivity contribution in [2.75, 3.05) is 10.6 Å². The number of carbonyl (C=O) groups is 1. The highest BCUT2D eigenvalue weighted by Gasteiger charge is 2.11. The van der Waals surface area contributed by atoms with Crippen molar-refractivity contribution in [1.82, 2.24) is 29.9 Å². The van der Waals surface area contributed by atoms with Crippen LogP contribution in [0.1, 0.15) is 16.2 Å². The number of nitrogens with zero attached hydrogens (tertiary/aromatic N) is 4. The average molecular weight is 398 g/mol. The van der Waals surface area contributed by atoms with E-state index in [1.54, 1.807) is 12.4 Å². The van der Waals surface area contributed by atoms with Gasteiger partial charge in [0.25, 0.3) is 5.91 Å². The van der Waals surface area contributed by atoms with E-state index in [0.29, 0.717) is 11.4 Å². The van der Waals surface area contributed by atoms with Crippen molar-refractivity contribution in [3.63, 3.8) is 0 Å². The molecule has 9 heteroatoms. The quantitative estimate of drug-likeness (QED) is 0.360. The Morgan fingerprint density at radius 2 is 2.03 bits per heavy atom. The molecule has 0 aliphatic heterocycles. The highest BCUT2D eigenvalue weighted by Crippen LogP contribution is 2.23. The SMILES string of the molecule is Cc1cc(Nc2ccc3[nH]ncc3c2)nn1-c1cccc(NC(=O)c2c[nH]cn2)c1. The maximum absolute atomic E-state index is 12.2. The predicted molar refractivity (Wildman–Crippen MR) is 114 cm³/mol. The van der Waals surface area contributed by atoms with Crippen molar-refractivity contribution >= 4 is 34.0 Å². The molecule has 1 amide bonds. The van der Waals surface area contributed by atoms with Crippen molar-refractivity contribution < 1.29 is 4.79 Å². The highest BCUT2D eigenvalue weighted by atomic mass is 16.1. The van der Waals surface area contributed by atoms with Crippen LogP contribution in [-0.4, -0.2) is 35.9 Å². The lowest BCUT2D eigenvalue weighted by Gasteiger charge is -2.08. The second-order valence-electron chi connectivity index (χ2n) is 6.84. The van der Waals surface area contributed by atoms with Crippen LogP contribution in [0.2, 0.25) is 0 Å². The molecule has 0 aliphatic rings. The smallest absolute Gasteiger partial charge is 0.275 e. The van der Waals surface area contributed by atoms with Crippen LogP contribution >= 0.6 is 0 Å². The van der Waals surface area contributed by atoms with Crippen molar-refractivity contribution in [1.29, 1.82) is 0 Å². The first-order valence-corrected chi connectivity index (χ1v) is 9.33. The molecule has 0 bridgehead atoms. The van der Waals surface area contributed by atoms with E-state index in [9.17, 15) is 4.79 Å². The number of benzene rings is 2. The molecule has 5 rings (SSSR count). The summed E-state index contributed by atoms with van der Waals surface area (Å²) in [7, 11) is 0. The Kier molecular flexibility index (Phi) is 4.25. The minimum atomic E-state index is -0.275. The molecule has 3 heterocycles. The lowest BCUT2D eigenvalue weighted by Crippen LogP contribution is -2.12. The molecule has 3 aromatic heterocycles. The van der Waals surface area contributed by atoms with Gasteiger partial charge in [0.1, 0.15) is 5.69 Å². The Morgan fingerprint density at radius 3 is 2.90 bits per heavy atom. The number of carbonyl (C=O) groups excluding carboxylic acids is 1. The summed E-state index contributed by atoms with van der Waals surface area (Å²) in [4.78, 5) is 19.0. The minimum Gasteiger partial charge on any atom is -0.350 e. The van der Waals surface area contributed by atoms with Crippen LogP contribution in [0.25, 0.3) is 16.6 Å². The second-order valence-corrected chi connectivity index (χ2v) is 6.84. The molecule has 0 fully saturated rings. The highest BCUT2D eigenvalue weighted by molar-refractivity contribution is 6.02. The molecule has 9 nitrogen and oxygen atoms in total. The van der Waals surface area contributed by atoms with Gasteiger partial charge in [-0.3, -0.25) is 9.89 Å². The third kappa shape index (κ3) is 3.39. The zero-order chi connectivity index (χ0) is 20.5. The van der Waals surface area contributed by atoms with Crippen molar-refractivity contribution in [3.8, 4) is 5.69 Å². The molecular weight excluding hydrogens is 380 g/mol. The van der Waals surface area contributed by atoms with Gasteiger partial charge in [0.05, 0.1) is 23.7 Å². The summed E-state index contributed by atoms with van der Waals surface area (Å²) in [6.07, 6.45) is 4.81. The summed E-state index contributed by atoms with van der Waals surface area (Å²) in [5.41, 5.74) is 4.69. The van der Waals surface area contributed by atoms with E-state index in [2.05, 4.69) is 35.9 Å². The molecule has 0 saturated heterocycles. The number of hydrogen-bond donors (Lipinski definition) is 4. The normalized spacial score (nSPS) is 11.0. The summed E-state index contributed by atoms with van der Waals surface area (Å²) in [6.45, 7) is 1.98. The van der Waals surface area contributed by atoms with Crippen LogP contribution in [-0.2, 0) is 0 Å². The number of aromatic nitrogens is 6. The number of aryl methyl sites for hydroxylation is 1. The number of rotatable bonds is 5. The average Bonchev–Trinajstić information content (AvgIpc) is 3.49. The minimum absolute atomic E-state index is 0.275. The molecular formula is C21H18N8O. The van der Waals surface area contributed by atoms with E-state index in [0.717, 1.165) is 33.8 Å². The van der Waals surface area contributed by atoms with Gasteiger partial charge in [-0.05, 0) is 43.3 Å². The molecule has 148 valence electrons. The number of amides is 1. The first-order chi connectivity index (χ1) is 14.7. The maximum atomic E-state index is 12.2. The predicted octanol–water partition coefficient (Wildman–Crippen LogP) is 3.78. The fraction of sp³-hybridized carbons (Fsp3) is 0.0476. The number of imidazole rings is 1. The second kappa shape index (κ2) is 7.21. The topological polar surface area (TPSA) is 116 Å². The Bertz CT molecular complexity index is 1330. The molecule has 0 unspecified atom stereocenters. The maximum Gasteiger partial charge on any atom is 0.275 e. The Balaban J connectivity index is 1.38. The molecule has 5 aromatic rings. The molecule has 2 aromatic carbocycles. The molecule has 0 spiro atoms. The number of hydrogen-bond acceptors (Lipinski definition) is 5. The van der Waals surface area contributed by atoms with E-state index in [1.165, 1.54) is 6.33 Å². The molecule has 0 aliphatic carbocycles. The zero-order valence-corrected chi connectivity index (χ0v) is 16.0. The van der Waals surface area contributed by atoms with Crippen LogP contribution in [0.3, 0.4) is 0 Å². The van der Waals surface area contributed by atoms with Gasteiger partial charge in [0.15, 0.2) is 5.82 Å². The van der Waals surface area contributed by atoms with Crippen molar-refractivity contribution in [2.45, 2.75) is 6.92 Å². The van der Waals surface area contributed by atoms with Gasteiger partial charge < -0.3 is 15.6 Å². The first kappa shape index (κ1) is 17.7. The Labute approximate surface area is 171 Å². The summed E-state index contributed by atoms with van der Waals surface area (Å²) in [5.74, 6) is 0.448. The third-order valence-electron chi connectivity index (χ3n) is 4.68. The largest absolute Gasteiger partial charge is 0.350 e. The van der Waals surface area contributed by atoms with E-state index < -0.39 is 0 Å². The van der Waals surface area contributed by atoms with Gasteiger partial charge in [-0.1, -0.05) is 6.07 Å². The fourth-order valence-electron chi connectivity index (χ4n) is 3.26. The number of anilines is 3. The lowest BCUT2D eigenvalue weighted by atomic mass is 10.2. The first-order valence-electron chi connectivity index (χ1n) is 9.33. The van der Waals surface area contributed by atoms with E-state index in [4.69, 9.17) is 0 Å². The van der Waals surface area contributed by atoms with E-state index >= 15 is 0 Å². The van der Waals surface area contributed by atoms with Crippen molar-refractivity contribution in [3.05, 3.63) is 78.6 Å². The van der Waals surface area contributed by atoms with Gasteiger partial charge in [-0.2, -0.15) is 5.10 Å². The van der Waals surface area contributed by atoms with Crippen LogP contribution < -0.4 is 10.6 Å². The lowest BCUT2D eigenvalue weighted by molar-refractivity contribution is 0.102. The van der Waals surface area contributed by atoms with Crippen LogP contribution in [0.15, 0.2) is 67.3 Å². The summed E-state index contributed by atoms with van der Waals surface area (Å²) in [6, 6.07) is 15.4. The summed E-state index contributed by atoms with van der Waals surface area (Å²) in [5, 5.41) is 18.8. The summed E-state index contributed by atoms with van der Waals surface area (Å²) >= 11 is 0. The van der Waals surface area contributed by atoms with Gasteiger partial charge >= 0.3 is 0 Å². The standard InChI is InChI=1S/C21H18N8O/c1-13-7-20(25-16-5-6-18-14(8-16)10-24-27-18)28-29(13)17-4-2-3-15(9-17)26-21(30)19-11-22-12-23-19/h2-12H,1H3,(H,22,23)(H,24,27)(H,25,28)(H,26,30). The molecule has 0 saturated carbocycles. The van der Waals surface area contributed by atoms with Crippen LogP contribution in [0.4, 0.5) is 17.2 Å². The molecule has 0 atom stereocenters. The monoisotopic (exact) mass is 398 g/mol. The van der Waals surface area contributed by atoms with Gasteiger partial charge in [0, 0.05) is 34.7 Å². The number of aromatic amines is 2.